The van der Waals surface area contributed by atoms with Crippen LogP contribution in [0, 0.1) is 0 Å². The second kappa shape index (κ2) is 8.59. The molecule has 6 nitrogen and oxygen atoms in total. The van der Waals surface area contributed by atoms with Crippen LogP contribution in [-0.4, -0.2) is 56.3 Å². The molecule has 21 heavy (non-hydrogen) atoms. The fourth-order valence-corrected chi connectivity index (χ4v) is 2.02. The van der Waals surface area contributed by atoms with Crippen molar-refractivity contribution < 1.29 is 14.3 Å². The molecule has 1 amide bonds. The van der Waals surface area contributed by atoms with Gasteiger partial charge < -0.3 is 19.4 Å². The molecule has 118 valence electrons. The van der Waals surface area contributed by atoms with Gasteiger partial charge in [0, 0.05) is 39.1 Å². The SMILES string of the molecule is COCCN(CCOC)C(=O)c1ccc(=O)[nH]c1C(C)C. The van der Waals surface area contributed by atoms with Gasteiger partial charge in [0.2, 0.25) is 5.56 Å². The summed E-state index contributed by atoms with van der Waals surface area (Å²) in [6, 6.07) is 2.97. The number of rotatable bonds is 8. The number of pyridine rings is 1. The van der Waals surface area contributed by atoms with Gasteiger partial charge in [0.05, 0.1) is 18.8 Å². The number of ether oxygens (including phenoxy) is 2. The zero-order valence-electron chi connectivity index (χ0n) is 13.1. The van der Waals surface area contributed by atoms with E-state index in [1.165, 1.54) is 6.07 Å². The Bertz CT molecular complexity index is 503. The van der Waals surface area contributed by atoms with E-state index in [0.29, 0.717) is 37.6 Å². The zero-order chi connectivity index (χ0) is 15.8. The highest BCUT2D eigenvalue weighted by Crippen LogP contribution is 2.17. The van der Waals surface area contributed by atoms with Gasteiger partial charge in [-0.3, -0.25) is 9.59 Å². The summed E-state index contributed by atoms with van der Waals surface area (Å²) in [5.74, 6) is -0.0615. The summed E-state index contributed by atoms with van der Waals surface area (Å²) in [6.07, 6.45) is 0. The smallest absolute Gasteiger partial charge is 0.255 e. The van der Waals surface area contributed by atoms with E-state index in [1.807, 2.05) is 13.8 Å². The normalized spacial score (nSPS) is 10.9. The predicted octanol–water partition coefficient (Wildman–Crippen LogP) is 1.23. The third-order valence-corrected chi connectivity index (χ3v) is 3.18. The first kappa shape index (κ1) is 17.4. The van der Waals surface area contributed by atoms with E-state index in [4.69, 9.17) is 9.47 Å². The largest absolute Gasteiger partial charge is 0.383 e. The summed E-state index contributed by atoms with van der Waals surface area (Å²) < 4.78 is 10.1. The summed E-state index contributed by atoms with van der Waals surface area (Å²) in [6.45, 7) is 5.75. The maximum atomic E-state index is 12.7. The van der Waals surface area contributed by atoms with Crippen LogP contribution >= 0.6 is 0 Å². The molecule has 0 atom stereocenters. The van der Waals surface area contributed by atoms with Crippen molar-refractivity contribution in [3.63, 3.8) is 0 Å². The Morgan fingerprint density at radius 3 is 2.24 bits per heavy atom. The average molecular weight is 296 g/mol. The fourth-order valence-electron chi connectivity index (χ4n) is 2.02. The molecular formula is C15H24N2O4. The van der Waals surface area contributed by atoms with E-state index < -0.39 is 0 Å². The first-order valence-electron chi connectivity index (χ1n) is 7.01. The number of aromatic nitrogens is 1. The summed E-state index contributed by atoms with van der Waals surface area (Å²) >= 11 is 0. The van der Waals surface area contributed by atoms with Gasteiger partial charge in [-0.2, -0.15) is 0 Å². The van der Waals surface area contributed by atoms with Crippen LogP contribution in [-0.2, 0) is 9.47 Å². The molecule has 0 spiro atoms. The standard InChI is InChI=1S/C15H24N2O4/c1-11(2)14-12(5-6-13(18)16-14)15(19)17(7-9-20-3)8-10-21-4/h5-6,11H,7-10H2,1-4H3,(H,16,18). The molecule has 1 aromatic heterocycles. The minimum absolute atomic E-state index is 0.0598. The Hall–Kier alpha value is -1.66. The van der Waals surface area contributed by atoms with Gasteiger partial charge in [0.15, 0.2) is 0 Å². The number of methoxy groups -OCH3 is 2. The first-order chi connectivity index (χ1) is 10.0. The minimum atomic E-state index is -0.199. The van der Waals surface area contributed by atoms with Gasteiger partial charge in [0.25, 0.3) is 5.91 Å². The summed E-state index contributed by atoms with van der Waals surface area (Å²) in [4.78, 5) is 28.6. The molecule has 6 heteroatoms. The number of carbonyl (C=O) groups excluding carboxylic acids is 1. The second-order valence-electron chi connectivity index (χ2n) is 5.08. The van der Waals surface area contributed by atoms with E-state index in [-0.39, 0.29) is 17.4 Å². The second-order valence-corrected chi connectivity index (χ2v) is 5.08. The molecule has 0 unspecified atom stereocenters. The number of nitrogens with one attached hydrogen (secondary N) is 1. The molecule has 0 aromatic carbocycles. The van der Waals surface area contributed by atoms with E-state index in [2.05, 4.69) is 4.98 Å². The van der Waals surface area contributed by atoms with Crippen LogP contribution in [0.5, 0.6) is 0 Å². The van der Waals surface area contributed by atoms with Crippen molar-refractivity contribution in [3.05, 3.63) is 33.7 Å². The molecule has 0 saturated heterocycles. The van der Waals surface area contributed by atoms with Crippen molar-refractivity contribution >= 4 is 5.91 Å². The van der Waals surface area contributed by atoms with Gasteiger partial charge in [-0.25, -0.2) is 0 Å². The third kappa shape index (κ3) is 4.99. The molecule has 0 aliphatic rings. The van der Waals surface area contributed by atoms with Crippen molar-refractivity contribution in [2.75, 3.05) is 40.5 Å². The van der Waals surface area contributed by atoms with Crippen molar-refractivity contribution in [2.24, 2.45) is 0 Å². The Morgan fingerprint density at radius 1 is 1.19 bits per heavy atom. The third-order valence-electron chi connectivity index (χ3n) is 3.18. The van der Waals surface area contributed by atoms with Crippen molar-refractivity contribution in [1.82, 2.24) is 9.88 Å². The molecule has 1 N–H and O–H groups in total. The van der Waals surface area contributed by atoms with Gasteiger partial charge >= 0.3 is 0 Å². The van der Waals surface area contributed by atoms with Gasteiger partial charge in [-0.1, -0.05) is 13.8 Å². The van der Waals surface area contributed by atoms with Gasteiger partial charge in [0.1, 0.15) is 0 Å². The van der Waals surface area contributed by atoms with Crippen LogP contribution < -0.4 is 5.56 Å². The fraction of sp³-hybridized carbons (Fsp3) is 0.600. The lowest BCUT2D eigenvalue weighted by Gasteiger charge is -2.23. The molecule has 0 fully saturated rings. The highest BCUT2D eigenvalue weighted by Gasteiger charge is 2.20. The first-order valence-corrected chi connectivity index (χ1v) is 7.01. The lowest BCUT2D eigenvalue weighted by atomic mass is 10.0. The van der Waals surface area contributed by atoms with Crippen molar-refractivity contribution in [3.8, 4) is 0 Å². The lowest BCUT2D eigenvalue weighted by molar-refractivity contribution is 0.0625. The molecule has 1 aromatic rings. The van der Waals surface area contributed by atoms with Crippen LogP contribution in [0.15, 0.2) is 16.9 Å². The van der Waals surface area contributed by atoms with Crippen LogP contribution in [0.1, 0.15) is 35.8 Å². The van der Waals surface area contributed by atoms with E-state index in [1.54, 1.807) is 25.2 Å². The number of hydrogen-bond donors (Lipinski definition) is 1. The monoisotopic (exact) mass is 296 g/mol. The quantitative estimate of drug-likeness (QED) is 0.783. The molecule has 0 bridgehead atoms. The average Bonchev–Trinajstić information content (AvgIpc) is 2.46. The summed E-state index contributed by atoms with van der Waals surface area (Å²) in [5.41, 5.74) is 0.986. The van der Waals surface area contributed by atoms with Crippen LogP contribution in [0.2, 0.25) is 0 Å². The molecular weight excluding hydrogens is 272 g/mol. The van der Waals surface area contributed by atoms with Crippen LogP contribution in [0.25, 0.3) is 0 Å². The topological polar surface area (TPSA) is 71.6 Å². The number of H-pyrrole nitrogens is 1. The number of hydrogen-bond acceptors (Lipinski definition) is 4. The number of carbonyl (C=O) groups is 1. The Morgan fingerprint density at radius 2 is 1.76 bits per heavy atom. The molecule has 0 aliphatic heterocycles. The summed E-state index contributed by atoms with van der Waals surface area (Å²) in [7, 11) is 3.19. The minimum Gasteiger partial charge on any atom is -0.383 e. The maximum absolute atomic E-state index is 12.7. The van der Waals surface area contributed by atoms with E-state index in [0.717, 1.165) is 0 Å². The van der Waals surface area contributed by atoms with Crippen LogP contribution in [0.3, 0.4) is 0 Å². The van der Waals surface area contributed by atoms with E-state index in [9.17, 15) is 9.59 Å². The highest BCUT2D eigenvalue weighted by molar-refractivity contribution is 5.95. The number of nitrogens with zero attached hydrogens (tertiary/aromatic N) is 1. The maximum Gasteiger partial charge on any atom is 0.255 e. The van der Waals surface area contributed by atoms with E-state index >= 15 is 0 Å². The van der Waals surface area contributed by atoms with Gasteiger partial charge in [-0.15, -0.1) is 0 Å². The molecule has 0 radical (unpaired) electrons. The molecule has 1 rings (SSSR count). The number of aromatic amines is 1. The molecule has 0 saturated carbocycles. The lowest BCUT2D eigenvalue weighted by Crippen LogP contribution is -2.37. The highest BCUT2D eigenvalue weighted by atomic mass is 16.5. The van der Waals surface area contributed by atoms with Gasteiger partial charge in [-0.05, 0) is 12.0 Å². The van der Waals surface area contributed by atoms with Crippen LogP contribution in [0.4, 0.5) is 0 Å². The predicted molar refractivity (Wildman–Crippen MR) is 80.8 cm³/mol. The number of amides is 1. The Labute approximate surface area is 125 Å². The molecule has 1 heterocycles. The zero-order valence-corrected chi connectivity index (χ0v) is 13.1. The molecule has 0 aliphatic carbocycles. The van der Waals surface area contributed by atoms with Crippen molar-refractivity contribution in [1.29, 1.82) is 0 Å². The Kier molecular flexibility index (Phi) is 7.11. The Balaban J connectivity index is 3.04. The summed E-state index contributed by atoms with van der Waals surface area (Å²) in [5, 5.41) is 0. The van der Waals surface area contributed by atoms with Crippen molar-refractivity contribution in [2.45, 2.75) is 19.8 Å².